The maximum absolute atomic E-state index is 13.8. The average Bonchev–Trinajstić information content (AvgIpc) is 3.67. The molecule has 0 spiro atoms. The molecule has 0 saturated carbocycles. The number of imidazole rings is 1. The highest BCUT2D eigenvalue weighted by molar-refractivity contribution is 6.16. The molecule has 2 aromatic carbocycles. The Hall–Kier alpha value is -4.73. The van der Waals surface area contributed by atoms with Crippen LogP contribution in [0.5, 0.6) is 17.2 Å². The molecule has 38 heavy (non-hydrogen) atoms. The molecule has 0 bridgehead atoms. The number of ketones is 1. The molecule has 2 aromatic heterocycles. The van der Waals surface area contributed by atoms with Gasteiger partial charge in [0.15, 0.2) is 23.0 Å². The number of rotatable bonds is 10. The van der Waals surface area contributed by atoms with Gasteiger partial charge in [0.2, 0.25) is 11.5 Å². The lowest BCUT2D eigenvalue weighted by Gasteiger charge is -2.27. The molecule has 0 saturated heterocycles. The fourth-order valence-electron chi connectivity index (χ4n) is 4.79. The number of fused-ring (bicyclic) bond motifs is 1. The summed E-state index contributed by atoms with van der Waals surface area (Å²) in [5.41, 5.74) is 0.965. The van der Waals surface area contributed by atoms with Crippen molar-refractivity contribution in [3.05, 3.63) is 83.8 Å². The minimum atomic E-state index is -0.917. The Morgan fingerprint density at radius 1 is 1.05 bits per heavy atom. The van der Waals surface area contributed by atoms with Crippen LogP contribution in [0.25, 0.3) is 11.0 Å². The highest BCUT2D eigenvalue weighted by Crippen LogP contribution is 2.45. The summed E-state index contributed by atoms with van der Waals surface area (Å²) in [7, 11) is 4.46. The van der Waals surface area contributed by atoms with E-state index >= 15 is 0 Å². The van der Waals surface area contributed by atoms with E-state index in [1.807, 2.05) is 22.9 Å². The van der Waals surface area contributed by atoms with Gasteiger partial charge in [0.05, 0.1) is 39.3 Å². The van der Waals surface area contributed by atoms with Crippen LogP contribution in [0.1, 0.15) is 28.6 Å². The lowest BCUT2D eigenvalue weighted by atomic mass is 9.94. The highest BCUT2D eigenvalue weighted by Gasteiger charge is 2.45. The molecular formula is C28H27N3O7. The number of aliphatic hydroxyl groups is 1. The largest absolute Gasteiger partial charge is 0.503 e. The van der Waals surface area contributed by atoms with E-state index in [0.717, 1.165) is 5.39 Å². The van der Waals surface area contributed by atoms with Crippen molar-refractivity contribution in [2.45, 2.75) is 19.0 Å². The standard InChI is InChI=1S/C28H27N3O7/c1-35-21-14-18(15-22(36-2)27(21)37-3)24-23(25(32)20-13-17-7-4-5-8-19(17)38-20)26(33)28(34)31(24)11-6-10-30-12-9-29-16-30/h4-5,7-9,12-16,24,33H,6,10-11H2,1-3H3/t24-/m0/s1. The topological polar surface area (TPSA) is 116 Å². The van der Waals surface area contributed by atoms with E-state index in [0.29, 0.717) is 41.4 Å². The van der Waals surface area contributed by atoms with E-state index in [1.165, 1.54) is 26.2 Å². The first-order valence-corrected chi connectivity index (χ1v) is 12.0. The van der Waals surface area contributed by atoms with Crippen molar-refractivity contribution >= 4 is 22.7 Å². The summed E-state index contributed by atoms with van der Waals surface area (Å²) in [5.74, 6) is -0.732. The molecule has 0 radical (unpaired) electrons. The van der Waals surface area contributed by atoms with Crippen molar-refractivity contribution < 1.29 is 33.3 Å². The van der Waals surface area contributed by atoms with Gasteiger partial charge in [0.25, 0.3) is 5.91 Å². The van der Waals surface area contributed by atoms with E-state index < -0.39 is 23.5 Å². The van der Waals surface area contributed by atoms with Crippen molar-refractivity contribution in [1.82, 2.24) is 14.5 Å². The number of aromatic nitrogens is 2. The lowest BCUT2D eigenvalue weighted by molar-refractivity contribution is -0.129. The third-order valence-electron chi connectivity index (χ3n) is 6.57. The summed E-state index contributed by atoms with van der Waals surface area (Å²) in [5, 5.41) is 11.8. The van der Waals surface area contributed by atoms with Crippen molar-refractivity contribution in [1.29, 1.82) is 0 Å². The molecule has 1 aliphatic rings. The van der Waals surface area contributed by atoms with Crippen LogP contribution in [0.3, 0.4) is 0 Å². The van der Waals surface area contributed by atoms with E-state index in [-0.39, 0.29) is 17.9 Å². The van der Waals surface area contributed by atoms with Crippen molar-refractivity contribution in [2.75, 3.05) is 27.9 Å². The molecule has 0 aliphatic carbocycles. The zero-order valence-electron chi connectivity index (χ0n) is 21.2. The second-order valence-corrected chi connectivity index (χ2v) is 8.75. The van der Waals surface area contributed by atoms with Crippen molar-refractivity contribution in [3.63, 3.8) is 0 Å². The second kappa shape index (κ2) is 10.3. The minimum absolute atomic E-state index is 0.0262. The summed E-state index contributed by atoms with van der Waals surface area (Å²) in [6.07, 6.45) is 5.75. The zero-order chi connectivity index (χ0) is 26.8. The van der Waals surface area contributed by atoms with E-state index in [1.54, 1.807) is 42.9 Å². The van der Waals surface area contributed by atoms with Crippen LogP contribution < -0.4 is 14.2 Å². The molecule has 196 valence electrons. The maximum Gasteiger partial charge on any atom is 0.290 e. The Labute approximate surface area is 218 Å². The van der Waals surface area contributed by atoms with Crippen LogP contribution in [0, 0.1) is 0 Å². The monoisotopic (exact) mass is 517 g/mol. The quantitative estimate of drug-likeness (QED) is 0.309. The SMILES string of the molecule is COc1cc([C@H]2C(C(=O)c3cc4ccccc4o3)=C(O)C(=O)N2CCCn2ccnc2)cc(OC)c1OC. The van der Waals surface area contributed by atoms with Gasteiger partial charge in [0.1, 0.15) is 5.58 Å². The summed E-state index contributed by atoms with van der Waals surface area (Å²) >= 11 is 0. The predicted octanol–water partition coefficient (Wildman–Crippen LogP) is 4.32. The number of benzene rings is 2. The molecule has 4 aromatic rings. The van der Waals surface area contributed by atoms with Gasteiger partial charge in [-0.1, -0.05) is 18.2 Å². The molecular weight excluding hydrogens is 490 g/mol. The predicted molar refractivity (Wildman–Crippen MR) is 138 cm³/mol. The van der Waals surface area contributed by atoms with Crippen LogP contribution in [0.15, 0.2) is 76.9 Å². The fourth-order valence-corrected chi connectivity index (χ4v) is 4.79. The number of hydrogen-bond acceptors (Lipinski definition) is 8. The number of aryl methyl sites for hydroxylation is 1. The van der Waals surface area contributed by atoms with Gasteiger partial charge >= 0.3 is 0 Å². The third-order valence-corrected chi connectivity index (χ3v) is 6.57. The molecule has 10 heteroatoms. The van der Waals surface area contributed by atoms with Gasteiger partial charge in [-0.15, -0.1) is 0 Å². The Morgan fingerprint density at radius 3 is 2.42 bits per heavy atom. The number of ether oxygens (including phenoxy) is 3. The first-order chi connectivity index (χ1) is 18.5. The molecule has 0 unspecified atom stereocenters. The smallest absolute Gasteiger partial charge is 0.290 e. The number of amides is 1. The molecule has 1 atom stereocenters. The Balaban J connectivity index is 1.58. The Morgan fingerprint density at radius 2 is 1.79 bits per heavy atom. The van der Waals surface area contributed by atoms with E-state index in [2.05, 4.69) is 4.98 Å². The number of carbonyl (C=O) groups is 2. The summed E-state index contributed by atoms with van der Waals surface area (Å²) in [6.45, 7) is 0.860. The molecule has 1 N–H and O–H groups in total. The fraction of sp³-hybridized carbons (Fsp3) is 0.250. The first-order valence-electron chi connectivity index (χ1n) is 12.0. The number of methoxy groups -OCH3 is 3. The van der Waals surface area contributed by atoms with Crippen molar-refractivity contribution in [3.8, 4) is 17.2 Å². The van der Waals surface area contributed by atoms with Gasteiger partial charge in [-0.25, -0.2) is 4.98 Å². The maximum atomic E-state index is 13.8. The van der Waals surface area contributed by atoms with Crippen LogP contribution >= 0.6 is 0 Å². The second-order valence-electron chi connectivity index (χ2n) is 8.75. The molecule has 5 rings (SSSR count). The van der Waals surface area contributed by atoms with Crippen LogP contribution in [-0.4, -0.2) is 59.1 Å². The molecule has 3 heterocycles. The molecule has 1 amide bonds. The summed E-state index contributed by atoms with van der Waals surface area (Å²) < 4.78 is 24.2. The Kier molecular flexibility index (Phi) is 6.78. The van der Waals surface area contributed by atoms with Crippen LogP contribution in [-0.2, 0) is 11.3 Å². The molecule has 0 fully saturated rings. The lowest BCUT2D eigenvalue weighted by Crippen LogP contribution is -2.32. The minimum Gasteiger partial charge on any atom is -0.503 e. The van der Waals surface area contributed by atoms with Gasteiger partial charge in [-0.3, -0.25) is 9.59 Å². The molecule has 1 aliphatic heterocycles. The zero-order valence-corrected chi connectivity index (χ0v) is 21.2. The van der Waals surface area contributed by atoms with Crippen LogP contribution in [0.4, 0.5) is 0 Å². The van der Waals surface area contributed by atoms with Crippen molar-refractivity contribution in [2.24, 2.45) is 0 Å². The first kappa shape index (κ1) is 24.9. The van der Waals surface area contributed by atoms with Crippen LogP contribution in [0.2, 0.25) is 0 Å². The van der Waals surface area contributed by atoms with Gasteiger partial charge in [0, 0.05) is 30.9 Å². The highest BCUT2D eigenvalue weighted by atomic mass is 16.5. The third kappa shape index (κ3) is 4.34. The number of furan rings is 1. The van der Waals surface area contributed by atoms with Gasteiger partial charge in [-0.05, 0) is 36.2 Å². The number of carbonyl (C=O) groups excluding carboxylic acids is 2. The average molecular weight is 518 g/mol. The summed E-state index contributed by atoms with van der Waals surface area (Å²) in [4.78, 5) is 32.7. The number of hydrogen-bond donors (Lipinski definition) is 1. The van der Waals surface area contributed by atoms with Gasteiger partial charge in [-0.2, -0.15) is 0 Å². The number of para-hydroxylation sites is 1. The normalized spacial score (nSPS) is 15.4. The molecule has 10 nitrogen and oxygen atoms in total. The Bertz CT molecular complexity index is 1460. The summed E-state index contributed by atoms with van der Waals surface area (Å²) in [6, 6.07) is 11.2. The van der Waals surface area contributed by atoms with E-state index in [9.17, 15) is 14.7 Å². The number of nitrogens with zero attached hydrogens (tertiary/aromatic N) is 3. The van der Waals surface area contributed by atoms with E-state index in [4.69, 9.17) is 18.6 Å². The number of aliphatic hydroxyl groups excluding tert-OH is 1. The number of Topliss-reactive ketones (excluding diaryl/α,β-unsaturated/α-hetero) is 1. The van der Waals surface area contributed by atoms with Gasteiger partial charge < -0.3 is 33.2 Å².